The number of pyridine rings is 1. The minimum Gasteiger partial charge on any atom is -0.477 e. The summed E-state index contributed by atoms with van der Waals surface area (Å²) in [4.78, 5) is 14.8. The summed E-state index contributed by atoms with van der Waals surface area (Å²) in [5.74, 6) is -1.16. The number of carboxylic acids is 1. The topological polar surface area (TPSA) is 96.4 Å². The zero-order valence-electron chi connectivity index (χ0n) is 11.0. The Morgan fingerprint density at radius 3 is 2.62 bits per heavy atom. The summed E-state index contributed by atoms with van der Waals surface area (Å²) in [6, 6.07) is 2.86. The van der Waals surface area contributed by atoms with Crippen LogP contribution in [0.5, 0.6) is 0 Å². The molecule has 0 aliphatic carbocycles. The third-order valence-electron chi connectivity index (χ3n) is 2.57. The van der Waals surface area contributed by atoms with E-state index < -0.39 is 16.0 Å². The molecule has 2 rings (SSSR count). The fourth-order valence-corrected chi connectivity index (χ4v) is 4.26. The molecule has 2 aromatic rings. The van der Waals surface area contributed by atoms with Crippen molar-refractivity contribution in [1.29, 1.82) is 0 Å². The Labute approximate surface area is 130 Å². The van der Waals surface area contributed by atoms with E-state index in [2.05, 4.69) is 9.71 Å². The molecule has 0 aromatic carbocycles. The third-order valence-corrected chi connectivity index (χ3v) is 5.94. The number of aromatic nitrogens is 1. The predicted molar refractivity (Wildman–Crippen MR) is 80.8 cm³/mol. The number of nitrogens with one attached hydrogen (secondary N) is 1. The molecule has 0 saturated carbocycles. The van der Waals surface area contributed by atoms with Crippen LogP contribution in [-0.4, -0.2) is 24.5 Å². The van der Waals surface area contributed by atoms with Crippen molar-refractivity contribution in [1.82, 2.24) is 4.98 Å². The molecule has 0 bridgehead atoms. The maximum absolute atomic E-state index is 12.3. The molecule has 0 radical (unpaired) electrons. The molecule has 0 atom stereocenters. The minimum absolute atomic E-state index is 0.0103. The van der Waals surface area contributed by atoms with Gasteiger partial charge in [-0.1, -0.05) is 11.6 Å². The number of halogens is 1. The molecular formula is C12H11ClN2O4S2. The SMILES string of the molecule is Cc1cnc(Cl)c(NS(=O)(=O)c2cc(C)c(C(=O)O)s2)c1. The first-order chi connectivity index (χ1) is 9.70. The van der Waals surface area contributed by atoms with Gasteiger partial charge in [-0.05, 0) is 37.1 Å². The number of aryl methyl sites for hydroxylation is 2. The first-order valence-corrected chi connectivity index (χ1v) is 8.37. The van der Waals surface area contributed by atoms with Crippen LogP contribution in [0.15, 0.2) is 22.5 Å². The number of aromatic carboxylic acids is 1. The molecule has 0 unspecified atom stereocenters. The van der Waals surface area contributed by atoms with Gasteiger partial charge < -0.3 is 5.11 Å². The van der Waals surface area contributed by atoms with Crippen molar-refractivity contribution < 1.29 is 18.3 Å². The average molecular weight is 347 g/mol. The molecule has 0 aliphatic heterocycles. The van der Waals surface area contributed by atoms with Gasteiger partial charge in [-0.3, -0.25) is 4.72 Å². The van der Waals surface area contributed by atoms with Crippen molar-refractivity contribution in [3.8, 4) is 0 Å². The van der Waals surface area contributed by atoms with Gasteiger partial charge in [-0.25, -0.2) is 18.2 Å². The summed E-state index contributed by atoms with van der Waals surface area (Å²) in [6.07, 6.45) is 1.51. The van der Waals surface area contributed by atoms with Crippen LogP contribution in [-0.2, 0) is 10.0 Å². The fraction of sp³-hybridized carbons (Fsp3) is 0.167. The van der Waals surface area contributed by atoms with E-state index in [1.165, 1.54) is 12.3 Å². The maximum atomic E-state index is 12.3. The number of nitrogens with zero attached hydrogens (tertiary/aromatic N) is 1. The molecule has 6 nitrogen and oxygen atoms in total. The molecule has 0 aliphatic rings. The lowest BCUT2D eigenvalue weighted by Crippen LogP contribution is -2.12. The van der Waals surface area contributed by atoms with Crippen LogP contribution in [0.2, 0.25) is 5.15 Å². The van der Waals surface area contributed by atoms with Gasteiger partial charge in [-0.2, -0.15) is 0 Å². The monoisotopic (exact) mass is 346 g/mol. The number of carboxylic acid groups (broad SMARTS) is 1. The number of sulfonamides is 1. The van der Waals surface area contributed by atoms with E-state index in [9.17, 15) is 13.2 Å². The second kappa shape index (κ2) is 5.63. The van der Waals surface area contributed by atoms with Crippen LogP contribution in [0.3, 0.4) is 0 Å². The minimum atomic E-state index is -3.91. The zero-order chi connectivity index (χ0) is 15.8. The Kier molecular flexibility index (Phi) is 4.22. The highest BCUT2D eigenvalue weighted by Gasteiger charge is 2.22. The molecule has 0 saturated heterocycles. The van der Waals surface area contributed by atoms with E-state index in [0.29, 0.717) is 16.9 Å². The highest BCUT2D eigenvalue weighted by molar-refractivity contribution is 7.94. The van der Waals surface area contributed by atoms with Crippen molar-refractivity contribution >= 4 is 44.6 Å². The molecule has 2 heterocycles. The van der Waals surface area contributed by atoms with E-state index in [1.807, 2.05) is 0 Å². The zero-order valence-corrected chi connectivity index (χ0v) is 13.4. The molecule has 2 aromatic heterocycles. The van der Waals surface area contributed by atoms with E-state index in [4.69, 9.17) is 16.7 Å². The van der Waals surface area contributed by atoms with Crippen molar-refractivity contribution in [2.75, 3.05) is 4.72 Å². The molecule has 21 heavy (non-hydrogen) atoms. The van der Waals surface area contributed by atoms with Gasteiger partial charge in [0.1, 0.15) is 9.09 Å². The highest BCUT2D eigenvalue weighted by Crippen LogP contribution is 2.29. The maximum Gasteiger partial charge on any atom is 0.346 e. The summed E-state index contributed by atoms with van der Waals surface area (Å²) in [5.41, 5.74) is 1.28. The number of carbonyl (C=O) groups is 1. The van der Waals surface area contributed by atoms with Gasteiger partial charge in [0, 0.05) is 6.20 Å². The van der Waals surface area contributed by atoms with Crippen LogP contribution in [0.1, 0.15) is 20.8 Å². The second-order valence-corrected chi connectivity index (χ2v) is 7.66. The first-order valence-electron chi connectivity index (χ1n) is 5.69. The normalized spacial score (nSPS) is 11.4. The molecule has 2 N–H and O–H groups in total. The van der Waals surface area contributed by atoms with Crippen LogP contribution < -0.4 is 4.72 Å². The van der Waals surface area contributed by atoms with Gasteiger partial charge in [0.05, 0.1) is 5.69 Å². The molecule has 0 amide bonds. The standard InChI is InChI=1S/C12H11ClN2O4S2/c1-6-3-8(11(13)14-5-6)15-21(18,19)9-4-7(2)10(20-9)12(16)17/h3-5,15H,1-2H3,(H,16,17). The molecular weight excluding hydrogens is 336 g/mol. The van der Waals surface area contributed by atoms with Crippen molar-refractivity contribution in [2.45, 2.75) is 18.1 Å². The Balaban J connectivity index is 2.41. The lowest BCUT2D eigenvalue weighted by atomic mass is 10.3. The smallest absolute Gasteiger partial charge is 0.346 e. The van der Waals surface area contributed by atoms with E-state index >= 15 is 0 Å². The van der Waals surface area contributed by atoms with E-state index in [0.717, 1.165) is 5.56 Å². The average Bonchev–Trinajstić information content (AvgIpc) is 2.77. The third kappa shape index (κ3) is 3.34. The van der Waals surface area contributed by atoms with Crippen LogP contribution in [0.4, 0.5) is 5.69 Å². The Morgan fingerprint density at radius 1 is 1.38 bits per heavy atom. The lowest BCUT2D eigenvalue weighted by Gasteiger charge is -2.08. The summed E-state index contributed by atoms with van der Waals surface area (Å²) in [5, 5.41) is 9.00. The highest BCUT2D eigenvalue weighted by atomic mass is 35.5. The number of anilines is 1. The van der Waals surface area contributed by atoms with Gasteiger partial charge >= 0.3 is 5.97 Å². The van der Waals surface area contributed by atoms with Crippen molar-refractivity contribution in [3.63, 3.8) is 0 Å². The molecule has 0 spiro atoms. The lowest BCUT2D eigenvalue weighted by molar-refractivity contribution is 0.0701. The summed E-state index contributed by atoms with van der Waals surface area (Å²) >= 11 is 6.54. The van der Waals surface area contributed by atoms with E-state index in [1.54, 1.807) is 19.9 Å². The summed E-state index contributed by atoms with van der Waals surface area (Å²) in [6.45, 7) is 3.29. The largest absolute Gasteiger partial charge is 0.477 e. The number of hydrogen-bond donors (Lipinski definition) is 2. The number of hydrogen-bond acceptors (Lipinski definition) is 5. The summed E-state index contributed by atoms with van der Waals surface area (Å²) in [7, 11) is -3.91. The summed E-state index contributed by atoms with van der Waals surface area (Å²) < 4.78 is 26.8. The van der Waals surface area contributed by atoms with Crippen LogP contribution in [0.25, 0.3) is 0 Å². The van der Waals surface area contributed by atoms with Gasteiger partial charge in [0.25, 0.3) is 10.0 Å². The first kappa shape index (κ1) is 15.7. The second-order valence-electron chi connectivity index (χ2n) is 4.34. The Hall–Kier alpha value is -1.64. The van der Waals surface area contributed by atoms with Gasteiger partial charge in [0.15, 0.2) is 5.15 Å². The fourth-order valence-electron chi connectivity index (χ4n) is 1.62. The molecule has 9 heteroatoms. The van der Waals surface area contributed by atoms with Crippen LogP contribution in [0, 0.1) is 13.8 Å². The number of thiophene rings is 1. The van der Waals surface area contributed by atoms with Crippen LogP contribution >= 0.6 is 22.9 Å². The quantitative estimate of drug-likeness (QED) is 0.830. The van der Waals surface area contributed by atoms with Crippen molar-refractivity contribution in [2.24, 2.45) is 0 Å². The number of rotatable bonds is 4. The Morgan fingerprint density at radius 2 is 2.05 bits per heavy atom. The molecule has 0 fully saturated rings. The van der Waals surface area contributed by atoms with Gasteiger partial charge in [-0.15, -0.1) is 11.3 Å². The van der Waals surface area contributed by atoms with Crippen molar-refractivity contribution in [3.05, 3.63) is 39.5 Å². The molecule has 112 valence electrons. The van der Waals surface area contributed by atoms with Gasteiger partial charge in [0.2, 0.25) is 0 Å². The van der Waals surface area contributed by atoms with E-state index in [-0.39, 0.29) is 19.9 Å². The Bertz CT molecular complexity index is 815. The predicted octanol–water partition coefficient (Wildman–Crippen LogP) is 2.91.